The Balaban J connectivity index is 1.97. The number of aromatic hydroxyl groups is 1. The van der Waals surface area contributed by atoms with E-state index in [1.165, 1.54) is 30.4 Å². The van der Waals surface area contributed by atoms with Crippen molar-refractivity contribution >= 4 is 0 Å². The molecule has 1 saturated carbocycles. The van der Waals surface area contributed by atoms with Gasteiger partial charge in [0.25, 0.3) is 0 Å². The average molecular weight is 244 g/mol. The molecule has 0 aliphatic heterocycles. The van der Waals surface area contributed by atoms with Crippen molar-refractivity contribution in [3.63, 3.8) is 0 Å². The second-order valence-electron chi connectivity index (χ2n) is 7.01. The number of rotatable bonds is 0. The van der Waals surface area contributed by atoms with Crippen molar-refractivity contribution in [3.05, 3.63) is 29.3 Å². The van der Waals surface area contributed by atoms with Gasteiger partial charge in [0, 0.05) is 0 Å². The molecule has 0 saturated heterocycles. The van der Waals surface area contributed by atoms with Gasteiger partial charge in [-0.2, -0.15) is 0 Å². The number of benzene rings is 1. The molecule has 2 aliphatic carbocycles. The Morgan fingerprint density at radius 2 is 2.00 bits per heavy atom. The highest BCUT2D eigenvalue weighted by molar-refractivity contribution is 5.39. The van der Waals surface area contributed by atoms with Crippen LogP contribution in [0.15, 0.2) is 18.2 Å². The van der Waals surface area contributed by atoms with Crippen LogP contribution in [-0.4, -0.2) is 5.11 Å². The molecule has 1 N–H and O–H groups in total. The van der Waals surface area contributed by atoms with Gasteiger partial charge in [-0.15, -0.1) is 0 Å². The van der Waals surface area contributed by atoms with Crippen molar-refractivity contribution in [1.82, 2.24) is 0 Å². The zero-order valence-electron chi connectivity index (χ0n) is 11.7. The predicted molar refractivity (Wildman–Crippen MR) is 74.8 cm³/mol. The maximum absolute atomic E-state index is 9.62. The first-order chi connectivity index (χ1) is 8.49. The average Bonchev–Trinajstić information content (AvgIpc) is 2.33. The third kappa shape index (κ3) is 1.75. The lowest BCUT2D eigenvalue weighted by molar-refractivity contribution is 0.0599. The van der Waals surface area contributed by atoms with Crippen LogP contribution in [-0.2, 0) is 6.42 Å². The molecule has 1 aromatic carbocycles. The summed E-state index contributed by atoms with van der Waals surface area (Å²) in [5.41, 5.74) is 3.41. The van der Waals surface area contributed by atoms with E-state index in [9.17, 15) is 5.11 Å². The van der Waals surface area contributed by atoms with Crippen molar-refractivity contribution in [2.24, 2.45) is 17.3 Å². The molecule has 1 aromatic rings. The summed E-state index contributed by atoms with van der Waals surface area (Å²) in [5, 5.41) is 9.62. The lowest BCUT2D eigenvalue weighted by Gasteiger charge is -2.49. The summed E-state index contributed by atoms with van der Waals surface area (Å²) in [6, 6.07) is 6.02. The third-order valence-corrected chi connectivity index (χ3v) is 5.76. The predicted octanol–water partition coefficient (Wildman–Crippen LogP) is 4.49. The Bertz CT molecular complexity index is 461. The molecule has 98 valence electrons. The van der Waals surface area contributed by atoms with Crippen LogP contribution in [0.25, 0.3) is 0 Å². The van der Waals surface area contributed by atoms with Gasteiger partial charge in [0.05, 0.1) is 0 Å². The number of hydrogen-bond donors (Lipinski definition) is 1. The van der Waals surface area contributed by atoms with E-state index in [1.54, 1.807) is 0 Å². The lowest BCUT2D eigenvalue weighted by atomic mass is 9.56. The topological polar surface area (TPSA) is 20.2 Å². The molecular weight excluding hydrogens is 220 g/mol. The van der Waals surface area contributed by atoms with Gasteiger partial charge in [-0.05, 0) is 72.1 Å². The maximum Gasteiger partial charge on any atom is 0.115 e. The highest BCUT2D eigenvalue weighted by Gasteiger charge is 2.43. The van der Waals surface area contributed by atoms with Crippen LogP contribution in [0.3, 0.4) is 0 Å². The summed E-state index contributed by atoms with van der Waals surface area (Å²) >= 11 is 0. The number of phenolic OH excluding ortho intramolecular Hbond substituents is 1. The number of hydrogen-bond acceptors (Lipinski definition) is 1. The molecule has 1 nitrogen and oxygen atoms in total. The fourth-order valence-corrected chi connectivity index (χ4v) is 4.23. The Kier molecular flexibility index (Phi) is 2.69. The summed E-state index contributed by atoms with van der Waals surface area (Å²) in [5.74, 6) is 2.80. The SMILES string of the molecule is C[C@H]1C2CCc3cc(O)ccc3C2CCC1(C)C. The first-order valence-electron chi connectivity index (χ1n) is 7.31. The molecule has 0 aromatic heterocycles. The Labute approximate surface area is 110 Å². The van der Waals surface area contributed by atoms with Gasteiger partial charge in [0.2, 0.25) is 0 Å². The van der Waals surface area contributed by atoms with Gasteiger partial charge in [0.1, 0.15) is 5.75 Å². The Morgan fingerprint density at radius 1 is 1.22 bits per heavy atom. The Morgan fingerprint density at radius 3 is 2.78 bits per heavy atom. The van der Waals surface area contributed by atoms with Gasteiger partial charge >= 0.3 is 0 Å². The molecular formula is C17H24O. The van der Waals surface area contributed by atoms with E-state index >= 15 is 0 Å². The minimum atomic E-state index is 0.427. The zero-order chi connectivity index (χ0) is 12.9. The summed E-state index contributed by atoms with van der Waals surface area (Å²) in [6.07, 6.45) is 5.09. The molecule has 3 rings (SSSR count). The quantitative estimate of drug-likeness (QED) is 0.712. The van der Waals surface area contributed by atoms with Crippen molar-refractivity contribution in [2.75, 3.05) is 0 Å². The second-order valence-corrected chi connectivity index (χ2v) is 7.01. The normalized spacial score (nSPS) is 33.6. The highest BCUT2D eigenvalue weighted by Crippen LogP contribution is 2.54. The van der Waals surface area contributed by atoms with Gasteiger partial charge in [-0.25, -0.2) is 0 Å². The summed E-state index contributed by atoms with van der Waals surface area (Å²) in [7, 11) is 0. The van der Waals surface area contributed by atoms with E-state index in [1.807, 2.05) is 12.1 Å². The molecule has 18 heavy (non-hydrogen) atoms. The van der Waals surface area contributed by atoms with Crippen LogP contribution >= 0.6 is 0 Å². The summed E-state index contributed by atoms with van der Waals surface area (Å²) < 4.78 is 0. The molecule has 2 unspecified atom stereocenters. The van der Waals surface area contributed by atoms with Gasteiger partial charge in [0.15, 0.2) is 0 Å². The molecule has 0 amide bonds. The molecule has 2 aliphatic rings. The molecule has 1 heteroatoms. The largest absolute Gasteiger partial charge is 0.508 e. The summed E-state index contributed by atoms with van der Waals surface area (Å²) in [4.78, 5) is 0. The van der Waals surface area contributed by atoms with Crippen LogP contribution in [0.4, 0.5) is 0 Å². The first-order valence-corrected chi connectivity index (χ1v) is 7.31. The van der Waals surface area contributed by atoms with E-state index in [0.717, 1.165) is 24.2 Å². The minimum Gasteiger partial charge on any atom is -0.508 e. The van der Waals surface area contributed by atoms with Crippen molar-refractivity contribution < 1.29 is 5.11 Å². The monoisotopic (exact) mass is 244 g/mol. The fraction of sp³-hybridized carbons (Fsp3) is 0.647. The van der Waals surface area contributed by atoms with E-state index in [2.05, 4.69) is 26.8 Å². The number of fused-ring (bicyclic) bond motifs is 3. The number of phenols is 1. The van der Waals surface area contributed by atoms with Crippen LogP contribution in [0, 0.1) is 17.3 Å². The standard InChI is InChI=1S/C17H24O/c1-11-14-6-4-12-10-13(18)5-7-15(12)16(14)8-9-17(11,2)3/h5,7,10-11,14,16,18H,4,6,8-9H2,1-3H3/t11-,14?,16?/m0/s1. The molecule has 1 fully saturated rings. The van der Waals surface area contributed by atoms with Crippen molar-refractivity contribution in [2.45, 2.75) is 52.4 Å². The molecule has 3 atom stereocenters. The second kappa shape index (κ2) is 4.01. The van der Waals surface area contributed by atoms with Crippen molar-refractivity contribution in [3.8, 4) is 5.75 Å². The van der Waals surface area contributed by atoms with Crippen molar-refractivity contribution in [1.29, 1.82) is 0 Å². The molecule has 0 spiro atoms. The smallest absolute Gasteiger partial charge is 0.115 e. The molecule has 0 radical (unpaired) electrons. The fourth-order valence-electron chi connectivity index (χ4n) is 4.23. The molecule has 0 heterocycles. The van der Waals surface area contributed by atoms with E-state index in [-0.39, 0.29) is 0 Å². The van der Waals surface area contributed by atoms with E-state index in [4.69, 9.17) is 0 Å². The lowest BCUT2D eigenvalue weighted by Crippen LogP contribution is -2.39. The minimum absolute atomic E-state index is 0.427. The van der Waals surface area contributed by atoms with Crippen LogP contribution < -0.4 is 0 Å². The van der Waals surface area contributed by atoms with Gasteiger partial charge in [-0.1, -0.05) is 26.8 Å². The van der Waals surface area contributed by atoms with Gasteiger partial charge in [-0.3, -0.25) is 0 Å². The third-order valence-electron chi connectivity index (χ3n) is 5.76. The van der Waals surface area contributed by atoms with Gasteiger partial charge < -0.3 is 5.11 Å². The van der Waals surface area contributed by atoms with E-state index < -0.39 is 0 Å². The van der Waals surface area contributed by atoms with E-state index in [0.29, 0.717) is 11.2 Å². The zero-order valence-corrected chi connectivity index (χ0v) is 11.7. The Hall–Kier alpha value is -0.980. The maximum atomic E-state index is 9.62. The summed E-state index contributed by atoms with van der Waals surface area (Å²) in [6.45, 7) is 7.31. The van der Waals surface area contributed by atoms with Crippen LogP contribution in [0.5, 0.6) is 5.75 Å². The number of aryl methyl sites for hydroxylation is 1. The van der Waals surface area contributed by atoms with Crippen LogP contribution in [0.2, 0.25) is 0 Å². The van der Waals surface area contributed by atoms with Crippen LogP contribution in [0.1, 0.15) is 57.1 Å². The molecule has 0 bridgehead atoms. The first kappa shape index (κ1) is 12.1. The highest BCUT2D eigenvalue weighted by atomic mass is 16.3.